The van der Waals surface area contributed by atoms with Gasteiger partial charge in [0.05, 0.1) is 6.42 Å². The number of benzene rings is 1. The maximum atomic E-state index is 13.4. The summed E-state index contributed by atoms with van der Waals surface area (Å²) in [5.41, 5.74) is 6.17. The van der Waals surface area contributed by atoms with E-state index in [1.54, 1.807) is 0 Å². The van der Waals surface area contributed by atoms with Gasteiger partial charge >= 0.3 is 0 Å². The van der Waals surface area contributed by atoms with E-state index >= 15 is 0 Å². The molecule has 3 N–H and O–H groups in total. The van der Waals surface area contributed by atoms with Gasteiger partial charge in [-0.2, -0.15) is 0 Å². The predicted molar refractivity (Wildman–Crippen MR) is 75.1 cm³/mol. The van der Waals surface area contributed by atoms with Gasteiger partial charge in [-0.05, 0) is 17.5 Å². The van der Waals surface area contributed by atoms with Gasteiger partial charge in [0.25, 0.3) is 0 Å². The second-order valence-electron chi connectivity index (χ2n) is 4.96. The highest BCUT2D eigenvalue weighted by atomic mass is 19.1. The molecule has 0 heterocycles. The standard InChI is InChI=1S/C15H22F2N2O/c1-3-10(4-2)14(18)9-19-15(20)7-11-5-6-12(16)8-13(11)17/h5-6,8,10,14H,3-4,7,9,18H2,1-2H3,(H,19,20). The van der Waals surface area contributed by atoms with Gasteiger partial charge in [-0.15, -0.1) is 0 Å². The van der Waals surface area contributed by atoms with E-state index in [1.807, 2.05) is 0 Å². The van der Waals surface area contributed by atoms with Crippen LogP contribution in [0.5, 0.6) is 0 Å². The summed E-state index contributed by atoms with van der Waals surface area (Å²) in [6.45, 7) is 4.49. The third kappa shape index (κ3) is 4.89. The van der Waals surface area contributed by atoms with Gasteiger partial charge in [0, 0.05) is 18.7 Å². The Labute approximate surface area is 118 Å². The van der Waals surface area contributed by atoms with E-state index in [1.165, 1.54) is 6.07 Å². The van der Waals surface area contributed by atoms with Crippen molar-refractivity contribution in [3.05, 3.63) is 35.4 Å². The number of carbonyl (C=O) groups excluding carboxylic acids is 1. The van der Waals surface area contributed by atoms with Crippen molar-refractivity contribution in [2.24, 2.45) is 11.7 Å². The minimum atomic E-state index is -0.704. The largest absolute Gasteiger partial charge is 0.354 e. The Hall–Kier alpha value is -1.49. The molecule has 1 aromatic carbocycles. The smallest absolute Gasteiger partial charge is 0.224 e. The van der Waals surface area contributed by atoms with Crippen LogP contribution in [0.25, 0.3) is 0 Å². The fraction of sp³-hybridized carbons (Fsp3) is 0.533. The van der Waals surface area contributed by atoms with Crippen molar-refractivity contribution < 1.29 is 13.6 Å². The number of nitrogens with two attached hydrogens (primary N) is 1. The van der Waals surface area contributed by atoms with Crippen molar-refractivity contribution in [1.29, 1.82) is 0 Å². The normalized spacial score (nSPS) is 12.5. The molecule has 112 valence electrons. The predicted octanol–water partition coefficient (Wildman–Crippen LogP) is 2.39. The molecule has 20 heavy (non-hydrogen) atoms. The van der Waals surface area contributed by atoms with Crippen molar-refractivity contribution in [2.45, 2.75) is 39.2 Å². The first-order chi connectivity index (χ1) is 9.47. The van der Waals surface area contributed by atoms with Crippen molar-refractivity contribution in [1.82, 2.24) is 5.32 Å². The van der Waals surface area contributed by atoms with E-state index in [2.05, 4.69) is 19.2 Å². The molecule has 0 saturated carbocycles. The van der Waals surface area contributed by atoms with Crippen LogP contribution in [0, 0.1) is 17.6 Å². The molecule has 0 aliphatic carbocycles. The lowest BCUT2D eigenvalue weighted by Gasteiger charge is -2.21. The number of rotatable bonds is 7. The molecule has 0 aromatic heterocycles. The molecule has 1 unspecified atom stereocenters. The highest BCUT2D eigenvalue weighted by Gasteiger charge is 2.15. The van der Waals surface area contributed by atoms with E-state index in [0.29, 0.717) is 12.5 Å². The maximum Gasteiger partial charge on any atom is 0.224 e. The molecular formula is C15H22F2N2O. The Morgan fingerprint density at radius 2 is 1.95 bits per heavy atom. The Bertz CT molecular complexity index is 447. The van der Waals surface area contributed by atoms with Crippen LogP contribution in [0.1, 0.15) is 32.3 Å². The van der Waals surface area contributed by atoms with E-state index in [4.69, 9.17) is 5.73 Å². The Balaban J connectivity index is 2.48. The lowest BCUT2D eigenvalue weighted by Crippen LogP contribution is -2.42. The van der Waals surface area contributed by atoms with E-state index < -0.39 is 11.6 Å². The van der Waals surface area contributed by atoms with Gasteiger partial charge in [0.2, 0.25) is 5.91 Å². The third-order valence-electron chi connectivity index (χ3n) is 3.56. The number of amides is 1. The summed E-state index contributed by atoms with van der Waals surface area (Å²) >= 11 is 0. The van der Waals surface area contributed by atoms with Crippen LogP contribution < -0.4 is 11.1 Å². The highest BCUT2D eigenvalue weighted by molar-refractivity contribution is 5.78. The molecule has 0 saturated heterocycles. The molecule has 0 spiro atoms. The maximum absolute atomic E-state index is 13.4. The lowest BCUT2D eigenvalue weighted by molar-refractivity contribution is -0.120. The Morgan fingerprint density at radius 3 is 2.50 bits per heavy atom. The zero-order valence-electron chi connectivity index (χ0n) is 12.0. The van der Waals surface area contributed by atoms with E-state index in [0.717, 1.165) is 25.0 Å². The number of halogens is 2. The first-order valence-corrected chi connectivity index (χ1v) is 6.94. The van der Waals surface area contributed by atoms with Gasteiger partial charge in [0.15, 0.2) is 0 Å². The molecule has 0 radical (unpaired) electrons. The van der Waals surface area contributed by atoms with Crippen LogP contribution in [-0.4, -0.2) is 18.5 Å². The van der Waals surface area contributed by atoms with Crippen molar-refractivity contribution >= 4 is 5.91 Å². The van der Waals surface area contributed by atoms with Crippen molar-refractivity contribution in [3.8, 4) is 0 Å². The average molecular weight is 284 g/mol. The fourth-order valence-electron chi connectivity index (χ4n) is 2.19. The zero-order chi connectivity index (χ0) is 15.1. The van der Waals surface area contributed by atoms with Crippen LogP contribution in [0.3, 0.4) is 0 Å². The summed E-state index contributed by atoms with van der Waals surface area (Å²) in [6, 6.07) is 3.10. The molecule has 1 amide bonds. The topological polar surface area (TPSA) is 55.1 Å². The number of hydrogen-bond acceptors (Lipinski definition) is 2. The van der Waals surface area contributed by atoms with E-state index in [9.17, 15) is 13.6 Å². The first kappa shape index (κ1) is 16.6. The zero-order valence-corrected chi connectivity index (χ0v) is 12.0. The van der Waals surface area contributed by atoms with Crippen LogP contribution in [0.15, 0.2) is 18.2 Å². The molecule has 1 rings (SSSR count). The minimum absolute atomic E-state index is 0.105. The molecule has 3 nitrogen and oxygen atoms in total. The summed E-state index contributed by atoms with van der Waals surface area (Å²) in [7, 11) is 0. The first-order valence-electron chi connectivity index (χ1n) is 6.94. The summed E-state index contributed by atoms with van der Waals surface area (Å²) in [6.07, 6.45) is 1.81. The van der Waals surface area contributed by atoms with Gasteiger partial charge in [-0.25, -0.2) is 8.78 Å². The van der Waals surface area contributed by atoms with Gasteiger partial charge in [-0.3, -0.25) is 4.79 Å². The number of carbonyl (C=O) groups is 1. The van der Waals surface area contributed by atoms with Crippen LogP contribution in [0.2, 0.25) is 0 Å². The second-order valence-corrected chi connectivity index (χ2v) is 4.96. The molecule has 0 fully saturated rings. The highest BCUT2D eigenvalue weighted by Crippen LogP contribution is 2.12. The van der Waals surface area contributed by atoms with Gasteiger partial charge in [0.1, 0.15) is 11.6 Å². The van der Waals surface area contributed by atoms with Crippen LogP contribution >= 0.6 is 0 Å². The van der Waals surface area contributed by atoms with Gasteiger partial charge in [-0.1, -0.05) is 32.8 Å². The van der Waals surface area contributed by atoms with Crippen LogP contribution in [-0.2, 0) is 11.2 Å². The average Bonchev–Trinajstić information content (AvgIpc) is 2.41. The Morgan fingerprint density at radius 1 is 1.30 bits per heavy atom. The van der Waals surface area contributed by atoms with E-state index in [-0.39, 0.29) is 23.9 Å². The minimum Gasteiger partial charge on any atom is -0.354 e. The Kier molecular flexibility index (Phi) is 6.58. The lowest BCUT2D eigenvalue weighted by atomic mass is 9.95. The van der Waals surface area contributed by atoms with Gasteiger partial charge < -0.3 is 11.1 Å². The van der Waals surface area contributed by atoms with Crippen LogP contribution in [0.4, 0.5) is 8.78 Å². The number of hydrogen-bond donors (Lipinski definition) is 2. The molecule has 1 aromatic rings. The summed E-state index contributed by atoms with van der Waals surface area (Å²) in [5.74, 6) is -1.30. The molecule has 5 heteroatoms. The summed E-state index contributed by atoms with van der Waals surface area (Å²) in [5, 5.41) is 2.70. The summed E-state index contributed by atoms with van der Waals surface area (Å²) < 4.78 is 26.2. The molecule has 0 bridgehead atoms. The van der Waals surface area contributed by atoms with Crippen molar-refractivity contribution in [3.63, 3.8) is 0 Å². The SMILES string of the molecule is CCC(CC)C(N)CNC(=O)Cc1ccc(F)cc1F. The third-order valence-corrected chi connectivity index (χ3v) is 3.56. The monoisotopic (exact) mass is 284 g/mol. The quantitative estimate of drug-likeness (QED) is 0.807. The fourth-order valence-corrected chi connectivity index (χ4v) is 2.19. The summed E-state index contributed by atoms with van der Waals surface area (Å²) in [4.78, 5) is 11.7. The molecule has 0 aliphatic heterocycles. The molecular weight excluding hydrogens is 262 g/mol. The molecule has 1 atom stereocenters. The number of nitrogens with one attached hydrogen (secondary N) is 1. The second kappa shape index (κ2) is 7.94. The molecule has 0 aliphatic rings. The van der Waals surface area contributed by atoms with Crippen molar-refractivity contribution in [2.75, 3.05) is 6.54 Å².